The number of rotatable bonds is 3. The van der Waals surface area contributed by atoms with E-state index in [-0.39, 0.29) is 12.0 Å². The van der Waals surface area contributed by atoms with Gasteiger partial charge in [0.1, 0.15) is 6.04 Å². The van der Waals surface area contributed by atoms with E-state index in [0.29, 0.717) is 19.4 Å². The molecule has 0 radical (unpaired) electrons. The van der Waals surface area contributed by atoms with Crippen LogP contribution < -0.4 is 10.6 Å². The van der Waals surface area contributed by atoms with Crippen LogP contribution in [-0.2, 0) is 11.3 Å². The molecule has 1 atom stereocenters. The number of likely N-dealkylation sites (N-methyl/N-ethyl adjacent to an activating group) is 1. The molecule has 126 valence electrons. The van der Waals surface area contributed by atoms with Gasteiger partial charge < -0.3 is 15.5 Å². The minimum Gasteiger partial charge on any atom is -0.357 e. The summed E-state index contributed by atoms with van der Waals surface area (Å²) in [6, 6.07) is -1.32. The molecule has 1 heterocycles. The summed E-state index contributed by atoms with van der Waals surface area (Å²) in [4.78, 5) is 24.9. The number of nitrogens with one attached hydrogen (secondary N) is 2. The fourth-order valence-corrected chi connectivity index (χ4v) is 2.49. The van der Waals surface area contributed by atoms with E-state index in [1.807, 2.05) is 0 Å². The van der Waals surface area contributed by atoms with Crippen molar-refractivity contribution >= 4 is 11.9 Å². The summed E-state index contributed by atoms with van der Waals surface area (Å²) in [6.45, 7) is -0.436. The first-order valence-corrected chi connectivity index (χ1v) is 6.94. The number of urea groups is 1. The second kappa shape index (κ2) is 6.84. The second-order valence-corrected chi connectivity index (χ2v) is 5.07. The number of carbonyl (C=O) groups is 2. The molecule has 9 heteroatoms. The zero-order chi connectivity index (χ0) is 17.1. The van der Waals surface area contributed by atoms with Crippen molar-refractivity contribution in [3.8, 4) is 0 Å². The van der Waals surface area contributed by atoms with E-state index in [1.165, 1.54) is 11.9 Å². The number of hydrogen-bond donors (Lipinski definition) is 2. The van der Waals surface area contributed by atoms with Crippen LogP contribution in [0.4, 0.5) is 22.4 Å². The van der Waals surface area contributed by atoms with Crippen molar-refractivity contribution in [2.75, 3.05) is 13.6 Å². The minimum absolute atomic E-state index is 0.0953. The smallest absolute Gasteiger partial charge is 0.318 e. The van der Waals surface area contributed by atoms with Crippen molar-refractivity contribution in [1.82, 2.24) is 15.5 Å². The summed E-state index contributed by atoms with van der Waals surface area (Å²) in [5.74, 6) is -6.57. The monoisotopic (exact) mass is 333 g/mol. The Morgan fingerprint density at radius 1 is 1.22 bits per heavy atom. The minimum atomic E-state index is -1.56. The fourth-order valence-electron chi connectivity index (χ4n) is 2.49. The molecule has 1 fully saturated rings. The number of halogens is 4. The second-order valence-electron chi connectivity index (χ2n) is 5.07. The van der Waals surface area contributed by atoms with E-state index >= 15 is 0 Å². The molecule has 0 aliphatic carbocycles. The first kappa shape index (κ1) is 17.0. The van der Waals surface area contributed by atoms with Crippen molar-refractivity contribution in [2.45, 2.75) is 25.4 Å². The molecule has 1 aromatic carbocycles. The summed E-state index contributed by atoms with van der Waals surface area (Å²) in [5, 5.41) is 4.60. The van der Waals surface area contributed by atoms with Crippen molar-refractivity contribution in [3.63, 3.8) is 0 Å². The largest absolute Gasteiger partial charge is 0.357 e. The Kier molecular flexibility index (Phi) is 5.07. The Hall–Kier alpha value is -2.32. The van der Waals surface area contributed by atoms with Gasteiger partial charge in [-0.3, -0.25) is 4.79 Å². The van der Waals surface area contributed by atoms with Crippen LogP contribution in [0.2, 0.25) is 0 Å². The average Bonchev–Trinajstić information content (AvgIpc) is 3.01. The molecule has 23 heavy (non-hydrogen) atoms. The third-order valence-electron chi connectivity index (χ3n) is 3.68. The number of benzene rings is 1. The highest BCUT2D eigenvalue weighted by Gasteiger charge is 2.33. The third-order valence-corrected chi connectivity index (χ3v) is 3.68. The van der Waals surface area contributed by atoms with E-state index in [0.717, 1.165) is 0 Å². The molecule has 0 unspecified atom stereocenters. The molecule has 2 rings (SSSR count). The van der Waals surface area contributed by atoms with Gasteiger partial charge in [-0.2, -0.15) is 0 Å². The van der Waals surface area contributed by atoms with Crippen LogP contribution in [0.15, 0.2) is 6.07 Å². The summed E-state index contributed by atoms with van der Waals surface area (Å²) in [7, 11) is 1.43. The van der Waals surface area contributed by atoms with Gasteiger partial charge in [-0.1, -0.05) is 0 Å². The molecule has 2 N–H and O–H groups in total. The zero-order valence-electron chi connectivity index (χ0n) is 12.3. The highest BCUT2D eigenvalue weighted by Crippen LogP contribution is 2.20. The van der Waals surface area contributed by atoms with Crippen LogP contribution in [0.3, 0.4) is 0 Å². The van der Waals surface area contributed by atoms with Gasteiger partial charge in [0.25, 0.3) is 0 Å². The quantitative estimate of drug-likeness (QED) is 0.653. The Labute approximate surface area is 129 Å². The predicted molar refractivity (Wildman–Crippen MR) is 72.3 cm³/mol. The molecule has 1 aromatic rings. The fraction of sp³-hybridized carbons (Fsp3) is 0.429. The van der Waals surface area contributed by atoms with E-state index in [2.05, 4.69) is 10.6 Å². The predicted octanol–water partition coefficient (Wildman–Crippen LogP) is 1.66. The van der Waals surface area contributed by atoms with Crippen molar-refractivity contribution in [3.05, 3.63) is 34.9 Å². The van der Waals surface area contributed by atoms with Crippen molar-refractivity contribution < 1.29 is 27.2 Å². The lowest BCUT2D eigenvalue weighted by Crippen LogP contribution is -2.48. The first-order chi connectivity index (χ1) is 10.9. The van der Waals surface area contributed by atoms with Crippen LogP contribution in [0.5, 0.6) is 0 Å². The molecule has 1 aliphatic rings. The summed E-state index contributed by atoms with van der Waals surface area (Å²) in [6.07, 6.45) is 1.06. The lowest BCUT2D eigenvalue weighted by molar-refractivity contribution is -0.124. The van der Waals surface area contributed by atoms with E-state index in [1.54, 1.807) is 0 Å². The molecule has 0 spiro atoms. The highest BCUT2D eigenvalue weighted by molar-refractivity contribution is 5.87. The lowest BCUT2D eigenvalue weighted by atomic mass is 10.1. The van der Waals surface area contributed by atoms with Crippen LogP contribution in [0, 0.1) is 23.3 Å². The van der Waals surface area contributed by atoms with E-state index in [9.17, 15) is 27.2 Å². The van der Waals surface area contributed by atoms with Crippen LogP contribution in [0.25, 0.3) is 0 Å². The molecule has 0 aromatic heterocycles. The average molecular weight is 333 g/mol. The SMILES string of the molecule is CNC(=O)[C@@H]1CCCN1C(=O)NCc1c(F)c(F)cc(F)c1F. The van der Waals surface area contributed by atoms with Gasteiger partial charge in [-0.25, -0.2) is 22.4 Å². The first-order valence-electron chi connectivity index (χ1n) is 6.94. The molecular weight excluding hydrogens is 318 g/mol. The van der Waals surface area contributed by atoms with E-state index in [4.69, 9.17) is 0 Å². The van der Waals surface area contributed by atoms with Crippen LogP contribution >= 0.6 is 0 Å². The lowest BCUT2D eigenvalue weighted by Gasteiger charge is -2.23. The Balaban J connectivity index is 2.09. The molecule has 1 aliphatic heterocycles. The highest BCUT2D eigenvalue weighted by atomic mass is 19.2. The van der Waals surface area contributed by atoms with Gasteiger partial charge in [0, 0.05) is 25.2 Å². The van der Waals surface area contributed by atoms with Gasteiger partial charge in [0.2, 0.25) is 5.91 Å². The third kappa shape index (κ3) is 3.38. The zero-order valence-corrected chi connectivity index (χ0v) is 12.3. The van der Waals surface area contributed by atoms with Gasteiger partial charge in [0.05, 0.1) is 6.54 Å². The molecule has 0 bridgehead atoms. The topological polar surface area (TPSA) is 61.4 Å². The number of amides is 3. The Morgan fingerprint density at radius 2 is 1.83 bits per heavy atom. The van der Waals surface area contributed by atoms with Gasteiger partial charge >= 0.3 is 6.03 Å². The standard InChI is InChI=1S/C14H15F4N3O2/c1-19-13(22)10-3-2-4-21(10)14(23)20-6-7-11(17)8(15)5-9(16)12(7)18/h5,10H,2-4,6H2,1H3,(H,19,22)(H,20,23)/t10-/m0/s1. The van der Waals surface area contributed by atoms with Gasteiger partial charge in [-0.05, 0) is 12.8 Å². The number of likely N-dealkylation sites (tertiary alicyclic amines) is 1. The van der Waals surface area contributed by atoms with E-state index < -0.39 is 47.5 Å². The molecule has 1 saturated heterocycles. The molecule has 5 nitrogen and oxygen atoms in total. The molecule has 3 amide bonds. The number of hydrogen-bond acceptors (Lipinski definition) is 2. The van der Waals surface area contributed by atoms with Gasteiger partial charge in [-0.15, -0.1) is 0 Å². The Morgan fingerprint density at radius 3 is 2.39 bits per heavy atom. The maximum atomic E-state index is 13.5. The Bertz CT molecular complexity index is 613. The maximum absolute atomic E-state index is 13.5. The van der Waals surface area contributed by atoms with Crippen molar-refractivity contribution in [1.29, 1.82) is 0 Å². The summed E-state index contributed by atoms with van der Waals surface area (Å²) in [5.41, 5.74) is -0.911. The summed E-state index contributed by atoms with van der Waals surface area (Å²) < 4.78 is 53.2. The molecular formula is C14H15F4N3O2. The van der Waals surface area contributed by atoms with Crippen LogP contribution in [0.1, 0.15) is 18.4 Å². The van der Waals surface area contributed by atoms with Crippen molar-refractivity contribution in [2.24, 2.45) is 0 Å². The summed E-state index contributed by atoms with van der Waals surface area (Å²) >= 11 is 0. The van der Waals surface area contributed by atoms with Gasteiger partial charge in [0.15, 0.2) is 23.3 Å². The normalized spacial score (nSPS) is 17.3. The van der Waals surface area contributed by atoms with Crippen LogP contribution in [-0.4, -0.2) is 36.5 Å². The molecule has 0 saturated carbocycles. The number of carbonyl (C=O) groups excluding carboxylic acids is 2. The number of nitrogens with zero attached hydrogens (tertiary/aromatic N) is 1. The maximum Gasteiger partial charge on any atom is 0.318 e.